The van der Waals surface area contributed by atoms with Crippen LogP contribution in [-0.4, -0.2) is 48.7 Å². The molecule has 0 saturated carbocycles. The Labute approximate surface area is 153 Å². The smallest absolute Gasteiger partial charge is 0.191 e. The van der Waals surface area contributed by atoms with Crippen LogP contribution in [0.3, 0.4) is 0 Å². The minimum atomic E-state index is 0. The van der Waals surface area contributed by atoms with Gasteiger partial charge in [-0.15, -0.1) is 35.3 Å². The van der Waals surface area contributed by atoms with Crippen molar-refractivity contribution in [3.63, 3.8) is 0 Å². The van der Waals surface area contributed by atoms with Gasteiger partial charge < -0.3 is 15.4 Å². The highest BCUT2D eigenvalue weighted by atomic mass is 127. The molecule has 1 aromatic rings. The maximum absolute atomic E-state index is 6.01. The molecule has 22 heavy (non-hydrogen) atoms. The highest BCUT2D eigenvalue weighted by Gasteiger charge is 2.15. The number of ether oxygens (including phenoxy) is 1. The molecular formula is C15H25IN4OS. The number of hydrogen-bond donors (Lipinski definition) is 1. The van der Waals surface area contributed by atoms with Crippen LogP contribution in [0.2, 0.25) is 0 Å². The fourth-order valence-corrected chi connectivity index (χ4v) is 4.03. The zero-order valence-electron chi connectivity index (χ0n) is 12.9. The normalized spacial score (nSPS) is 18.7. The predicted octanol–water partition coefficient (Wildman–Crippen LogP) is 2.22. The van der Waals surface area contributed by atoms with E-state index in [1.54, 1.807) is 0 Å². The van der Waals surface area contributed by atoms with Gasteiger partial charge in [0.2, 0.25) is 0 Å². The zero-order chi connectivity index (χ0) is 14.5. The number of halogens is 1. The molecule has 1 aliphatic carbocycles. The summed E-state index contributed by atoms with van der Waals surface area (Å²) in [4.78, 5) is 12.9. The van der Waals surface area contributed by atoms with E-state index >= 15 is 0 Å². The monoisotopic (exact) mass is 436 g/mol. The number of nitrogens with zero attached hydrogens (tertiary/aromatic N) is 3. The summed E-state index contributed by atoms with van der Waals surface area (Å²) in [5.41, 5.74) is 7.37. The van der Waals surface area contributed by atoms with Gasteiger partial charge in [0.25, 0.3) is 0 Å². The van der Waals surface area contributed by atoms with Crippen LogP contribution in [0.15, 0.2) is 4.99 Å². The molecule has 2 heterocycles. The highest BCUT2D eigenvalue weighted by molar-refractivity contribution is 14.0. The van der Waals surface area contributed by atoms with E-state index < -0.39 is 0 Å². The molecule has 5 nitrogen and oxygen atoms in total. The molecule has 0 atom stereocenters. The molecule has 0 bridgehead atoms. The Bertz CT molecular complexity index is 476. The average molecular weight is 436 g/mol. The van der Waals surface area contributed by atoms with Crippen molar-refractivity contribution in [2.75, 3.05) is 32.8 Å². The largest absolute Gasteiger partial charge is 0.378 e. The topological polar surface area (TPSA) is 63.7 Å². The molecule has 0 spiro atoms. The number of rotatable bonds is 4. The molecule has 7 heteroatoms. The average Bonchev–Trinajstić information content (AvgIpc) is 2.95. The molecule has 1 aliphatic heterocycles. The van der Waals surface area contributed by atoms with E-state index in [1.165, 1.54) is 41.3 Å². The van der Waals surface area contributed by atoms with Gasteiger partial charge in [0, 0.05) is 30.9 Å². The number of nitrogens with two attached hydrogens (primary N) is 1. The van der Waals surface area contributed by atoms with Gasteiger partial charge in [-0.3, -0.25) is 4.99 Å². The lowest BCUT2D eigenvalue weighted by molar-refractivity contribution is 0.0674. The van der Waals surface area contributed by atoms with Crippen molar-refractivity contribution in [1.82, 2.24) is 9.88 Å². The van der Waals surface area contributed by atoms with E-state index in [0.717, 1.165) is 45.7 Å². The standard InChI is InChI=1S/C15H24N4OS.HI/c16-15(19-8-10-20-11-9-19)17-7-3-6-14-18-12-4-1-2-5-13(12)21-14;/h1-11H2,(H2,16,17);1H. The molecule has 0 amide bonds. The molecule has 1 aromatic heterocycles. The Morgan fingerprint density at radius 1 is 1.27 bits per heavy atom. The van der Waals surface area contributed by atoms with Crippen LogP contribution in [0.4, 0.5) is 0 Å². The molecule has 2 N–H and O–H groups in total. The molecule has 1 fully saturated rings. The van der Waals surface area contributed by atoms with Crippen molar-refractivity contribution in [2.24, 2.45) is 10.7 Å². The molecule has 3 rings (SSSR count). The zero-order valence-corrected chi connectivity index (χ0v) is 16.1. The highest BCUT2D eigenvalue weighted by Crippen LogP contribution is 2.27. The van der Waals surface area contributed by atoms with Crippen molar-refractivity contribution in [3.05, 3.63) is 15.6 Å². The summed E-state index contributed by atoms with van der Waals surface area (Å²) in [6, 6.07) is 0. The van der Waals surface area contributed by atoms with Crippen molar-refractivity contribution in [2.45, 2.75) is 38.5 Å². The van der Waals surface area contributed by atoms with Gasteiger partial charge in [-0.25, -0.2) is 4.98 Å². The predicted molar refractivity (Wildman–Crippen MR) is 101 cm³/mol. The van der Waals surface area contributed by atoms with Crippen LogP contribution in [0.5, 0.6) is 0 Å². The van der Waals surface area contributed by atoms with Crippen molar-refractivity contribution < 1.29 is 4.74 Å². The van der Waals surface area contributed by atoms with Crippen molar-refractivity contribution >= 4 is 41.3 Å². The van der Waals surface area contributed by atoms with E-state index in [-0.39, 0.29) is 24.0 Å². The van der Waals surface area contributed by atoms with E-state index in [1.807, 2.05) is 11.3 Å². The van der Waals surface area contributed by atoms with Crippen LogP contribution in [0, 0.1) is 0 Å². The summed E-state index contributed by atoms with van der Waals surface area (Å²) >= 11 is 1.90. The van der Waals surface area contributed by atoms with Crippen LogP contribution in [0.1, 0.15) is 34.8 Å². The van der Waals surface area contributed by atoms with Gasteiger partial charge in [0.1, 0.15) is 0 Å². The molecule has 0 radical (unpaired) electrons. The first-order valence-electron chi connectivity index (χ1n) is 7.93. The van der Waals surface area contributed by atoms with E-state index in [4.69, 9.17) is 15.5 Å². The number of aryl methyl sites for hydroxylation is 3. The van der Waals surface area contributed by atoms with Crippen LogP contribution < -0.4 is 5.73 Å². The molecule has 0 unspecified atom stereocenters. The van der Waals surface area contributed by atoms with E-state index in [0.29, 0.717) is 5.96 Å². The van der Waals surface area contributed by atoms with Crippen LogP contribution in [0.25, 0.3) is 0 Å². The lowest BCUT2D eigenvalue weighted by Gasteiger charge is -2.27. The Hall–Kier alpha value is -0.410. The maximum Gasteiger partial charge on any atom is 0.191 e. The summed E-state index contributed by atoms with van der Waals surface area (Å²) in [6.45, 7) is 4.00. The van der Waals surface area contributed by atoms with Gasteiger partial charge in [-0.1, -0.05) is 0 Å². The first kappa shape index (κ1) is 17.9. The Morgan fingerprint density at radius 2 is 2.05 bits per heavy atom. The molecule has 0 aromatic carbocycles. The van der Waals surface area contributed by atoms with Gasteiger partial charge in [0.15, 0.2) is 5.96 Å². The first-order valence-corrected chi connectivity index (χ1v) is 8.74. The minimum Gasteiger partial charge on any atom is -0.378 e. The SMILES string of the molecule is I.NC(=NCCCc1nc2c(s1)CCCC2)N1CCOCC1. The Kier molecular flexibility index (Phi) is 7.36. The second-order valence-corrected chi connectivity index (χ2v) is 6.80. The third-order valence-corrected chi connectivity index (χ3v) is 5.26. The second kappa shape index (κ2) is 9.02. The second-order valence-electron chi connectivity index (χ2n) is 5.63. The third kappa shape index (κ3) is 4.79. The third-order valence-electron chi connectivity index (χ3n) is 4.05. The summed E-state index contributed by atoms with van der Waals surface area (Å²) < 4.78 is 5.31. The van der Waals surface area contributed by atoms with E-state index in [9.17, 15) is 0 Å². The summed E-state index contributed by atoms with van der Waals surface area (Å²) in [6.07, 6.45) is 7.09. The lowest BCUT2D eigenvalue weighted by Crippen LogP contribution is -2.44. The fraction of sp³-hybridized carbons (Fsp3) is 0.733. The maximum atomic E-state index is 6.01. The van der Waals surface area contributed by atoms with E-state index in [2.05, 4.69) is 9.89 Å². The number of aromatic nitrogens is 1. The van der Waals surface area contributed by atoms with Gasteiger partial charge >= 0.3 is 0 Å². The molecule has 124 valence electrons. The minimum absolute atomic E-state index is 0. The van der Waals surface area contributed by atoms with Crippen molar-refractivity contribution in [3.8, 4) is 0 Å². The number of morpholine rings is 1. The fourth-order valence-electron chi connectivity index (χ4n) is 2.83. The molecule has 2 aliphatic rings. The van der Waals surface area contributed by atoms with Gasteiger partial charge in [0.05, 0.1) is 23.9 Å². The summed E-state index contributed by atoms with van der Waals surface area (Å²) in [5.74, 6) is 0.664. The van der Waals surface area contributed by atoms with Crippen LogP contribution in [-0.2, 0) is 24.0 Å². The van der Waals surface area contributed by atoms with Crippen LogP contribution >= 0.6 is 35.3 Å². The first-order chi connectivity index (χ1) is 10.3. The van der Waals surface area contributed by atoms with Crippen molar-refractivity contribution in [1.29, 1.82) is 0 Å². The van der Waals surface area contributed by atoms with Gasteiger partial charge in [-0.05, 0) is 32.1 Å². The quantitative estimate of drug-likeness (QED) is 0.340. The Morgan fingerprint density at radius 3 is 2.82 bits per heavy atom. The number of fused-ring (bicyclic) bond motifs is 1. The number of hydrogen-bond acceptors (Lipinski definition) is 4. The number of guanidine groups is 1. The lowest BCUT2D eigenvalue weighted by atomic mass is 10.0. The molecule has 1 saturated heterocycles. The number of aliphatic imine (C=N–C) groups is 1. The Balaban J connectivity index is 0.00000176. The summed E-state index contributed by atoms with van der Waals surface area (Å²) in [7, 11) is 0. The molecular weight excluding hydrogens is 411 g/mol. The van der Waals surface area contributed by atoms with Gasteiger partial charge in [-0.2, -0.15) is 0 Å². The number of thiazole rings is 1. The summed E-state index contributed by atoms with van der Waals surface area (Å²) in [5, 5.41) is 1.28.